The van der Waals surface area contributed by atoms with Crippen LogP contribution in [0.15, 0.2) is 48.5 Å². The molecule has 0 radical (unpaired) electrons. The number of aryl methyl sites for hydroxylation is 2. The molecule has 0 unspecified atom stereocenters. The molecule has 0 aliphatic carbocycles. The minimum absolute atomic E-state index is 0.0212. The monoisotopic (exact) mass is 365 g/mol. The summed E-state index contributed by atoms with van der Waals surface area (Å²) in [6.07, 6.45) is 0. The minimum Gasteiger partial charge on any atom is -0.343 e. The first-order valence-corrected chi connectivity index (χ1v) is 9.42. The molecule has 1 N–H and O–H groups in total. The van der Waals surface area contributed by atoms with E-state index < -0.39 is 0 Å². The molecular weight excluding hydrogens is 338 g/mol. The summed E-state index contributed by atoms with van der Waals surface area (Å²) in [6.45, 7) is 7.98. The standard InChI is InChI=1S/C22H27N3O2/c1-17-12-18(2)14-20(13-17)22(27)23-15-21(26)25-10-8-24(9-11-25)16-19-6-4-3-5-7-19/h3-7,12-14H,8-11,15-16H2,1-2H3,(H,23,27). The summed E-state index contributed by atoms with van der Waals surface area (Å²) in [5, 5.41) is 2.76. The number of nitrogens with one attached hydrogen (secondary N) is 1. The van der Waals surface area contributed by atoms with Gasteiger partial charge in [-0.25, -0.2) is 0 Å². The number of benzene rings is 2. The van der Waals surface area contributed by atoms with E-state index in [0.29, 0.717) is 18.7 Å². The van der Waals surface area contributed by atoms with E-state index >= 15 is 0 Å². The Bertz CT molecular complexity index is 776. The predicted octanol–water partition coefficient (Wildman–Crippen LogP) is 2.38. The van der Waals surface area contributed by atoms with Gasteiger partial charge in [0.15, 0.2) is 0 Å². The fourth-order valence-electron chi connectivity index (χ4n) is 3.47. The molecule has 1 heterocycles. The highest BCUT2D eigenvalue weighted by Crippen LogP contribution is 2.10. The normalized spacial score (nSPS) is 14.8. The Labute approximate surface area is 161 Å². The molecular formula is C22H27N3O2. The van der Waals surface area contributed by atoms with Crippen molar-refractivity contribution in [2.45, 2.75) is 20.4 Å². The second-order valence-electron chi connectivity index (χ2n) is 7.20. The van der Waals surface area contributed by atoms with E-state index in [0.717, 1.165) is 30.8 Å². The summed E-state index contributed by atoms with van der Waals surface area (Å²) in [5.74, 6) is -0.218. The maximum Gasteiger partial charge on any atom is 0.251 e. The highest BCUT2D eigenvalue weighted by atomic mass is 16.2. The van der Waals surface area contributed by atoms with Gasteiger partial charge in [0.25, 0.3) is 5.91 Å². The number of nitrogens with zero attached hydrogens (tertiary/aromatic N) is 2. The average Bonchev–Trinajstić information content (AvgIpc) is 2.66. The van der Waals surface area contributed by atoms with E-state index in [-0.39, 0.29) is 18.4 Å². The first-order valence-electron chi connectivity index (χ1n) is 9.42. The highest BCUT2D eigenvalue weighted by molar-refractivity contribution is 5.96. The van der Waals surface area contributed by atoms with Crippen LogP contribution in [0.1, 0.15) is 27.0 Å². The summed E-state index contributed by atoms with van der Waals surface area (Å²) >= 11 is 0. The molecule has 0 spiro atoms. The van der Waals surface area contributed by atoms with Gasteiger partial charge in [0.05, 0.1) is 6.54 Å². The van der Waals surface area contributed by atoms with Gasteiger partial charge in [-0.05, 0) is 31.5 Å². The fraction of sp³-hybridized carbons (Fsp3) is 0.364. The van der Waals surface area contributed by atoms with Crippen molar-refractivity contribution < 1.29 is 9.59 Å². The molecule has 5 nitrogen and oxygen atoms in total. The van der Waals surface area contributed by atoms with Crippen LogP contribution >= 0.6 is 0 Å². The number of carbonyl (C=O) groups excluding carboxylic acids is 2. The Morgan fingerprint density at radius 2 is 1.56 bits per heavy atom. The number of carbonyl (C=O) groups is 2. The van der Waals surface area contributed by atoms with E-state index in [2.05, 4.69) is 22.3 Å². The van der Waals surface area contributed by atoms with Crippen LogP contribution in [0.2, 0.25) is 0 Å². The molecule has 1 fully saturated rings. The molecule has 0 saturated carbocycles. The Morgan fingerprint density at radius 3 is 2.19 bits per heavy atom. The van der Waals surface area contributed by atoms with Crippen LogP contribution < -0.4 is 5.32 Å². The van der Waals surface area contributed by atoms with Crippen LogP contribution in [0.3, 0.4) is 0 Å². The zero-order valence-corrected chi connectivity index (χ0v) is 16.1. The molecule has 1 saturated heterocycles. The van der Waals surface area contributed by atoms with Crippen molar-refractivity contribution in [2.75, 3.05) is 32.7 Å². The van der Waals surface area contributed by atoms with Gasteiger partial charge in [-0.1, -0.05) is 47.5 Å². The second kappa shape index (κ2) is 8.82. The third kappa shape index (κ3) is 5.41. The zero-order valence-electron chi connectivity index (χ0n) is 16.1. The van der Waals surface area contributed by atoms with Crippen LogP contribution in [0.4, 0.5) is 0 Å². The van der Waals surface area contributed by atoms with Crippen molar-refractivity contribution in [3.63, 3.8) is 0 Å². The molecule has 27 heavy (non-hydrogen) atoms. The average molecular weight is 365 g/mol. The lowest BCUT2D eigenvalue weighted by atomic mass is 10.1. The van der Waals surface area contributed by atoms with Crippen LogP contribution in [0.5, 0.6) is 0 Å². The van der Waals surface area contributed by atoms with Crippen molar-refractivity contribution in [1.29, 1.82) is 0 Å². The van der Waals surface area contributed by atoms with Crippen LogP contribution in [0.25, 0.3) is 0 Å². The largest absolute Gasteiger partial charge is 0.343 e. The van der Waals surface area contributed by atoms with Crippen molar-refractivity contribution in [3.8, 4) is 0 Å². The molecule has 1 aliphatic rings. The van der Waals surface area contributed by atoms with Gasteiger partial charge < -0.3 is 10.2 Å². The van der Waals surface area contributed by atoms with Gasteiger partial charge in [-0.3, -0.25) is 14.5 Å². The zero-order chi connectivity index (χ0) is 19.2. The van der Waals surface area contributed by atoms with E-state index in [1.807, 2.05) is 55.1 Å². The maximum absolute atomic E-state index is 12.4. The summed E-state index contributed by atoms with van der Waals surface area (Å²) in [6, 6.07) is 16.1. The summed E-state index contributed by atoms with van der Waals surface area (Å²) in [5.41, 5.74) is 3.98. The number of amides is 2. The van der Waals surface area contributed by atoms with Gasteiger partial charge in [0, 0.05) is 38.3 Å². The number of hydrogen-bond acceptors (Lipinski definition) is 3. The van der Waals surface area contributed by atoms with Gasteiger partial charge in [0.1, 0.15) is 0 Å². The lowest BCUT2D eigenvalue weighted by Gasteiger charge is -2.34. The Balaban J connectivity index is 1.45. The van der Waals surface area contributed by atoms with Crippen LogP contribution in [-0.4, -0.2) is 54.3 Å². The number of piperazine rings is 1. The summed E-state index contributed by atoms with van der Waals surface area (Å²) in [7, 11) is 0. The smallest absolute Gasteiger partial charge is 0.251 e. The van der Waals surface area contributed by atoms with E-state index in [1.165, 1.54) is 5.56 Å². The fourth-order valence-corrected chi connectivity index (χ4v) is 3.47. The molecule has 5 heteroatoms. The van der Waals surface area contributed by atoms with Gasteiger partial charge in [0.2, 0.25) is 5.91 Å². The number of hydrogen-bond donors (Lipinski definition) is 1. The first kappa shape index (κ1) is 19.1. The Morgan fingerprint density at radius 1 is 0.926 bits per heavy atom. The summed E-state index contributed by atoms with van der Waals surface area (Å²) in [4.78, 5) is 28.9. The van der Waals surface area contributed by atoms with Crippen molar-refractivity contribution in [3.05, 3.63) is 70.8 Å². The van der Waals surface area contributed by atoms with Gasteiger partial charge in [-0.2, -0.15) is 0 Å². The van der Waals surface area contributed by atoms with Crippen molar-refractivity contribution >= 4 is 11.8 Å². The molecule has 2 aromatic rings. The molecule has 0 aromatic heterocycles. The Hall–Kier alpha value is -2.66. The first-order chi connectivity index (χ1) is 13.0. The molecule has 2 amide bonds. The summed E-state index contributed by atoms with van der Waals surface area (Å²) < 4.78 is 0. The molecule has 142 valence electrons. The van der Waals surface area contributed by atoms with E-state index in [4.69, 9.17) is 0 Å². The minimum atomic E-state index is -0.196. The lowest BCUT2D eigenvalue weighted by molar-refractivity contribution is -0.131. The molecule has 2 aromatic carbocycles. The lowest BCUT2D eigenvalue weighted by Crippen LogP contribution is -2.50. The molecule has 3 rings (SSSR count). The predicted molar refractivity (Wildman–Crippen MR) is 107 cm³/mol. The highest BCUT2D eigenvalue weighted by Gasteiger charge is 2.21. The van der Waals surface area contributed by atoms with Crippen molar-refractivity contribution in [1.82, 2.24) is 15.1 Å². The second-order valence-corrected chi connectivity index (χ2v) is 7.20. The quantitative estimate of drug-likeness (QED) is 0.885. The maximum atomic E-state index is 12.4. The molecule has 0 bridgehead atoms. The Kier molecular flexibility index (Phi) is 6.24. The molecule has 0 atom stereocenters. The topological polar surface area (TPSA) is 52.7 Å². The van der Waals surface area contributed by atoms with Crippen LogP contribution in [-0.2, 0) is 11.3 Å². The van der Waals surface area contributed by atoms with Gasteiger partial charge in [-0.15, -0.1) is 0 Å². The van der Waals surface area contributed by atoms with E-state index in [9.17, 15) is 9.59 Å². The van der Waals surface area contributed by atoms with Gasteiger partial charge >= 0.3 is 0 Å². The third-order valence-electron chi connectivity index (χ3n) is 4.86. The number of rotatable bonds is 5. The van der Waals surface area contributed by atoms with Crippen LogP contribution in [0, 0.1) is 13.8 Å². The van der Waals surface area contributed by atoms with E-state index in [1.54, 1.807) is 0 Å². The SMILES string of the molecule is Cc1cc(C)cc(C(=O)NCC(=O)N2CCN(Cc3ccccc3)CC2)c1. The van der Waals surface area contributed by atoms with Crippen molar-refractivity contribution in [2.24, 2.45) is 0 Å². The third-order valence-corrected chi connectivity index (χ3v) is 4.86. The molecule has 1 aliphatic heterocycles.